The molecule has 0 saturated heterocycles. The van der Waals surface area contributed by atoms with E-state index >= 15 is 0 Å². The summed E-state index contributed by atoms with van der Waals surface area (Å²) < 4.78 is 5.26. The van der Waals surface area contributed by atoms with Crippen LogP contribution >= 0.6 is 11.8 Å². The largest absolute Gasteiger partial charge is 0.497 e. The summed E-state index contributed by atoms with van der Waals surface area (Å²) in [6.45, 7) is 0. The molecule has 3 nitrogen and oxygen atoms in total. The number of ketones is 1. The number of allylic oxidation sites excluding steroid dienone is 1. The van der Waals surface area contributed by atoms with Crippen molar-refractivity contribution in [2.24, 2.45) is 0 Å². The molecule has 1 aliphatic rings. The summed E-state index contributed by atoms with van der Waals surface area (Å²) in [5.41, 5.74) is 3.81. The van der Waals surface area contributed by atoms with Crippen molar-refractivity contribution in [2.75, 3.05) is 12.4 Å². The minimum Gasteiger partial charge on any atom is -0.497 e. The number of methoxy groups -OCH3 is 1. The van der Waals surface area contributed by atoms with Crippen LogP contribution in [0.25, 0.3) is 5.57 Å². The molecule has 0 fully saturated rings. The van der Waals surface area contributed by atoms with Gasteiger partial charge in [-0.25, -0.2) is 0 Å². The van der Waals surface area contributed by atoms with Crippen molar-refractivity contribution in [3.8, 4) is 5.75 Å². The normalized spacial score (nSPS) is 16.8. The number of anilines is 1. The average molecular weight is 388 g/mol. The van der Waals surface area contributed by atoms with Gasteiger partial charge in [0.15, 0.2) is 5.78 Å². The van der Waals surface area contributed by atoms with E-state index in [0.29, 0.717) is 6.42 Å². The van der Waals surface area contributed by atoms with Gasteiger partial charge in [-0.2, -0.15) is 0 Å². The summed E-state index contributed by atoms with van der Waals surface area (Å²) in [7, 11) is 1.66. The van der Waals surface area contributed by atoms with Gasteiger partial charge in [0.25, 0.3) is 0 Å². The first kappa shape index (κ1) is 18.4. The Morgan fingerprint density at radius 3 is 2.18 bits per heavy atom. The number of benzene rings is 3. The second kappa shape index (κ2) is 8.36. The van der Waals surface area contributed by atoms with Gasteiger partial charge in [0.05, 0.1) is 17.7 Å². The quantitative estimate of drug-likeness (QED) is 0.589. The maximum absolute atomic E-state index is 13.2. The van der Waals surface area contributed by atoms with Crippen molar-refractivity contribution in [1.82, 2.24) is 0 Å². The lowest BCUT2D eigenvalue weighted by molar-refractivity contribution is -0.113. The predicted molar refractivity (Wildman–Crippen MR) is 116 cm³/mol. The van der Waals surface area contributed by atoms with Crippen LogP contribution in [0.15, 0.2) is 90.0 Å². The molecule has 1 unspecified atom stereocenters. The van der Waals surface area contributed by atoms with Crippen LogP contribution in [0.2, 0.25) is 0 Å². The van der Waals surface area contributed by atoms with Gasteiger partial charge in [-0.15, -0.1) is 0 Å². The number of Topliss-reactive ketones (excluding diaryl/α,β-unsaturated/α-hetero) is 1. The van der Waals surface area contributed by atoms with E-state index in [9.17, 15) is 4.79 Å². The van der Waals surface area contributed by atoms with Crippen LogP contribution in [0, 0.1) is 0 Å². The molecule has 28 heavy (non-hydrogen) atoms. The number of hydrogen-bond acceptors (Lipinski definition) is 4. The molecule has 0 amide bonds. The number of thioether (sulfide) groups is 1. The zero-order chi connectivity index (χ0) is 19.3. The highest BCUT2D eigenvalue weighted by Gasteiger charge is 2.30. The third-order valence-electron chi connectivity index (χ3n) is 4.72. The Hall–Kier alpha value is -2.98. The number of para-hydroxylation sites is 1. The van der Waals surface area contributed by atoms with Crippen LogP contribution in [0.5, 0.6) is 5.75 Å². The molecule has 1 atom stereocenters. The minimum absolute atomic E-state index is 0.0667. The Balaban J connectivity index is 1.72. The SMILES string of the molecule is COc1ccc(C2CC(=O)C(c3ccccc3)=C(Nc3ccccc3)S2)cc1. The van der Waals surface area contributed by atoms with E-state index in [1.807, 2.05) is 84.9 Å². The number of carbonyl (C=O) groups excluding carboxylic acids is 1. The van der Waals surface area contributed by atoms with Gasteiger partial charge in [0, 0.05) is 17.4 Å². The van der Waals surface area contributed by atoms with E-state index in [1.165, 1.54) is 0 Å². The first-order valence-electron chi connectivity index (χ1n) is 9.20. The number of nitrogens with one attached hydrogen (secondary N) is 1. The van der Waals surface area contributed by atoms with Crippen molar-refractivity contribution < 1.29 is 9.53 Å². The van der Waals surface area contributed by atoms with Gasteiger partial charge in [-0.05, 0) is 35.4 Å². The number of rotatable bonds is 5. The topological polar surface area (TPSA) is 38.3 Å². The highest BCUT2D eigenvalue weighted by atomic mass is 32.2. The van der Waals surface area contributed by atoms with Crippen LogP contribution in [-0.4, -0.2) is 12.9 Å². The molecule has 0 bridgehead atoms. The van der Waals surface area contributed by atoms with Gasteiger partial charge >= 0.3 is 0 Å². The summed E-state index contributed by atoms with van der Waals surface area (Å²) >= 11 is 1.71. The maximum atomic E-state index is 13.2. The van der Waals surface area contributed by atoms with Crippen LogP contribution in [0.3, 0.4) is 0 Å². The number of carbonyl (C=O) groups is 1. The van der Waals surface area contributed by atoms with Crippen molar-refractivity contribution >= 4 is 28.8 Å². The zero-order valence-corrected chi connectivity index (χ0v) is 16.4. The Morgan fingerprint density at radius 2 is 1.54 bits per heavy atom. The Labute approximate surface area is 169 Å². The van der Waals surface area contributed by atoms with Gasteiger partial charge < -0.3 is 10.1 Å². The van der Waals surface area contributed by atoms with Gasteiger partial charge in [-0.3, -0.25) is 4.79 Å². The van der Waals surface area contributed by atoms with Gasteiger partial charge in [0.2, 0.25) is 0 Å². The molecule has 3 aromatic carbocycles. The summed E-state index contributed by atoms with van der Waals surface area (Å²) in [5, 5.41) is 4.44. The van der Waals surface area contributed by atoms with Crippen molar-refractivity contribution in [3.05, 3.63) is 101 Å². The molecule has 3 aromatic rings. The standard InChI is InChI=1S/C24H21NO2S/c1-27-20-14-12-17(13-15-20)22-16-21(26)23(18-8-4-2-5-9-18)24(28-22)25-19-10-6-3-7-11-19/h2-15,22,25H,16H2,1H3. The predicted octanol–water partition coefficient (Wildman–Crippen LogP) is 5.92. The van der Waals surface area contributed by atoms with E-state index in [-0.39, 0.29) is 11.0 Å². The maximum Gasteiger partial charge on any atom is 0.167 e. The van der Waals surface area contributed by atoms with Crippen LogP contribution in [-0.2, 0) is 4.79 Å². The Morgan fingerprint density at radius 1 is 0.893 bits per heavy atom. The summed E-state index contributed by atoms with van der Waals surface area (Å²) in [4.78, 5) is 13.2. The summed E-state index contributed by atoms with van der Waals surface area (Å²) in [5.74, 6) is 0.975. The van der Waals surface area contributed by atoms with Crippen LogP contribution < -0.4 is 10.1 Å². The van der Waals surface area contributed by atoms with Crippen LogP contribution in [0.4, 0.5) is 5.69 Å². The average Bonchev–Trinajstić information content (AvgIpc) is 2.75. The third-order valence-corrected chi connectivity index (χ3v) is 5.98. The molecule has 4 rings (SSSR count). The van der Waals surface area contributed by atoms with E-state index in [4.69, 9.17) is 4.74 Å². The van der Waals surface area contributed by atoms with Crippen molar-refractivity contribution in [1.29, 1.82) is 0 Å². The second-order valence-corrected chi connectivity index (χ2v) is 7.78. The van der Waals surface area contributed by atoms with Crippen molar-refractivity contribution in [2.45, 2.75) is 11.7 Å². The van der Waals surface area contributed by atoms with E-state index in [2.05, 4.69) is 5.32 Å². The van der Waals surface area contributed by atoms with Gasteiger partial charge in [0.1, 0.15) is 5.75 Å². The van der Waals surface area contributed by atoms with E-state index in [0.717, 1.165) is 33.2 Å². The summed E-state index contributed by atoms with van der Waals surface area (Å²) in [6, 6.07) is 27.8. The van der Waals surface area contributed by atoms with Crippen LogP contribution in [0.1, 0.15) is 22.8 Å². The molecule has 1 aliphatic heterocycles. The second-order valence-electron chi connectivity index (χ2n) is 6.57. The fourth-order valence-corrected chi connectivity index (χ4v) is 4.62. The molecule has 1 heterocycles. The molecule has 1 N–H and O–H groups in total. The molecule has 0 aromatic heterocycles. The van der Waals surface area contributed by atoms with E-state index < -0.39 is 0 Å². The minimum atomic E-state index is 0.0667. The van der Waals surface area contributed by atoms with Crippen molar-refractivity contribution in [3.63, 3.8) is 0 Å². The lowest BCUT2D eigenvalue weighted by atomic mass is 9.96. The monoisotopic (exact) mass is 387 g/mol. The molecule has 140 valence electrons. The van der Waals surface area contributed by atoms with Gasteiger partial charge in [-0.1, -0.05) is 72.4 Å². The lowest BCUT2D eigenvalue weighted by Crippen LogP contribution is -2.17. The Bertz CT molecular complexity index is 982. The molecule has 0 radical (unpaired) electrons. The molecular weight excluding hydrogens is 366 g/mol. The highest BCUT2D eigenvalue weighted by molar-refractivity contribution is 8.03. The zero-order valence-electron chi connectivity index (χ0n) is 15.6. The smallest absolute Gasteiger partial charge is 0.167 e. The molecule has 0 aliphatic carbocycles. The molecule has 4 heteroatoms. The Kier molecular flexibility index (Phi) is 5.49. The van der Waals surface area contributed by atoms with E-state index in [1.54, 1.807) is 18.9 Å². The summed E-state index contributed by atoms with van der Waals surface area (Å²) in [6.07, 6.45) is 0.473. The third kappa shape index (κ3) is 3.97. The fraction of sp³-hybridized carbons (Fsp3) is 0.125. The molecule has 0 spiro atoms. The molecular formula is C24H21NO2S. The highest BCUT2D eigenvalue weighted by Crippen LogP contribution is 2.46. The number of ether oxygens (including phenoxy) is 1. The lowest BCUT2D eigenvalue weighted by Gasteiger charge is -2.27. The first-order chi connectivity index (χ1) is 13.7. The molecule has 0 saturated carbocycles. The fourth-order valence-electron chi connectivity index (χ4n) is 3.29. The first-order valence-corrected chi connectivity index (χ1v) is 10.1. The number of hydrogen-bond donors (Lipinski definition) is 1.